The first-order valence-corrected chi connectivity index (χ1v) is 11.4. The van der Waals surface area contributed by atoms with Crippen LogP contribution >= 0.6 is 11.6 Å². The van der Waals surface area contributed by atoms with Crippen LogP contribution < -0.4 is 4.90 Å². The van der Waals surface area contributed by atoms with Crippen molar-refractivity contribution in [3.8, 4) is 0 Å². The van der Waals surface area contributed by atoms with E-state index in [4.69, 9.17) is 16.3 Å². The molecule has 0 N–H and O–H groups in total. The molecular formula is C23H25ClF2N6O. The van der Waals surface area contributed by atoms with Crippen LogP contribution in [0.4, 0.5) is 14.5 Å². The number of hydrogen-bond acceptors (Lipinski definition) is 6. The van der Waals surface area contributed by atoms with Crippen LogP contribution in [-0.2, 0) is 16.8 Å². The fraction of sp³-hybridized carbons (Fsp3) is 0.435. The summed E-state index contributed by atoms with van der Waals surface area (Å²) in [6.45, 7) is 6.75. The predicted molar refractivity (Wildman–Crippen MR) is 120 cm³/mol. The maximum atomic E-state index is 14.5. The maximum absolute atomic E-state index is 14.5. The molecule has 0 radical (unpaired) electrons. The number of tetrazole rings is 1. The van der Waals surface area contributed by atoms with E-state index < -0.39 is 17.2 Å². The highest BCUT2D eigenvalue weighted by Gasteiger charge is 2.54. The molecule has 0 bridgehead atoms. The minimum Gasteiger partial charge on any atom is -0.369 e. The maximum Gasteiger partial charge on any atom is 0.153 e. The summed E-state index contributed by atoms with van der Waals surface area (Å²) in [5, 5.41) is 13.0. The Labute approximate surface area is 195 Å². The molecule has 2 atom stereocenters. The zero-order valence-electron chi connectivity index (χ0n) is 18.3. The van der Waals surface area contributed by atoms with Gasteiger partial charge in [-0.2, -0.15) is 0 Å². The van der Waals surface area contributed by atoms with Gasteiger partial charge in [0.2, 0.25) is 0 Å². The average Bonchev–Trinajstić information content (AvgIpc) is 3.47. The van der Waals surface area contributed by atoms with Gasteiger partial charge in [-0.25, -0.2) is 13.5 Å². The molecule has 3 aromatic rings. The molecule has 0 spiro atoms. The van der Waals surface area contributed by atoms with Crippen molar-refractivity contribution in [1.82, 2.24) is 25.1 Å². The van der Waals surface area contributed by atoms with Gasteiger partial charge in [0, 0.05) is 61.5 Å². The first kappa shape index (κ1) is 22.2. The highest BCUT2D eigenvalue weighted by molar-refractivity contribution is 6.30. The van der Waals surface area contributed by atoms with Crippen LogP contribution in [0.15, 0.2) is 42.5 Å². The molecule has 33 heavy (non-hydrogen) atoms. The molecule has 3 heterocycles. The lowest BCUT2D eigenvalue weighted by Crippen LogP contribution is -2.47. The van der Waals surface area contributed by atoms with Crippen molar-refractivity contribution in [2.24, 2.45) is 0 Å². The predicted octanol–water partition coefficient (Wildman–Crippen LogP) is 3.46. The minimum absolute atomic E-state index is 0.329. The van der Waals surface area contributed by atoms with E-state index in [9.17, 15) is 8.78 Å². The Morgan fingerprint density at radius 3 is 2.61 bits per heavy atom. The second-order valence-electron chi connectivity index (χ2n) is 8.58. The molecule has 0 amide bonds. The van der Waals surface area contributed by atoms with Gasteiger partial charge in [0.25, 0.3) is 0 Å². The molecule has 2 unspecified atom stereocenters. The van der Waals surface area contributed by atoms with Crippen LogP contribution in [0.5, 0.6) is 0 Å². The zero-order chi connectivity index (χ0) is 23.0. The normalized spacial score (nSPS) is 21.9. The number of hydrogen-bond donors (Lipinski definition) is 0. The summed E-state index contributed by atoms with van der Waals surface area (Å²) in [6, 6.07) is 11.2. The molecule has 174 valence electrons. The molecule has 2 saturated heterocycles. The largest absolute Gasteiger partial charge is 0.369 e. The van der Waals surface area contributed by atoms with Crippen molar-refractivity contribution in [1.29, 1.82) is 0 Å². The van der Waals surface area contributed by atoms with Crippen LogP contribution in [0.2, 0.25) is 5.02 Å². The third-order valence-corrected chi connectivity index (χ3v) is 6.88. The monoisotopic (exact) mass is 474 g/mol. The van der Waals surface area contributed by atoms with Gasteiger partial charge in [-0.3, -0.25) is 4.90 Å². The Morgan fingerprint density at radius 1 is 1.12 bits per heavy atom. The quantitative estimate of drug-likeness (QED) is 0.489. The molecular weight excluding hydrogens is 450 g/mol. The second kappa shape index (κ2) is 8.96. The number of anilines is 1. The average molecular weight is 475 g/mol. The SMILES string of the molecule is CC(n1nnnc1CCN1CCN(c2cccc(Cl)c2)CC1)C1(c2ccc(F)cc2F)CO1. The molecule has 0 aliphatic carbocycles. The summed E-state index contributed by atoms with van der Waals surface area (Å²) >= 11 is 6.13. The summed E-state index contributed by atoms with van der Waals surface area (Å²) in [5.41, 5.74) is 0.586. The molecule has 10 heteroatoms. The van der Waals surface area contributed by atoms with E-state index >= 15 is 0 Å². The molecule has 2 fully saturated rings. The summed E-state index contributed by atoms with van der Waals surface area (Å²) in [5.74, 6) is -0.512. The van der Waals surface area contributed by atoms with E-state index in [1.165, 1.54) is 12.1 Å². The van der Waals surface area contributed by atoms with E-state index in [2.05, 4.69) is 31.4 Å². The Bertz CT molecular complexity index is 1130. The summed E-state index contributed by atoms with van der Waals surface area (Å²) in [7, 11) is 0. The molecule has 2 aromatic carbocycles. The summed E-state index contributed by atoms with van der Waals surface area (Å²) in [4.78, 5) is 4.72. The standard InChI is InChI=1S/C23H25ClF2N6O/c1-16(23(15-33-23)20-6-5-18(25)14-21(20)26)32-22(27-28-29-32)7-8-30-9-11-31(12-10-30)19-4-2-3-17(24)13-19/h2-6,13-14,16H,7-12,15H2,1H3. The summed E-state index contributed by atoms with van der Waals surface area (Å²) in [6.07, 6.45) is 0.663. The first-order valence-electron chi connectivity index (χ1n) is 11.1. The van der Waals surface area contributed by atoms with E-state index in [0.717, 1.165) is 55.3 Å². The smallest absolute Gasteiger partial charge is 0.153 e. The van der Waals surface area contributed by atoms with Crippen LogP contribution in [0, 0.1) is 11.6 Å². The Hall–Kier alpha value is -2.62. The number of piperazine rings is 1. The van der Waals surface area contributed by atoms with Crippen LogP contribution in [0.1, 0.15) is 24.4 Å². The lowest BCUT2D eigenvalue weighted by molar-refractivity contribution is 0.206. The van der Waals surface area contributed by atoms with Crippen LogP contribution in [0.25, 0.3) is 0 Å². The van der Waals surface area contributed by atoms with Crippen molar-refractivity contribution in [2.75, 3.05) is 44.2 Å². The van der Waals surface area contributed by atoms with Gasteiger partial charge in [0.1, 0.15) is 17.2 Å². The molecule has 2 aliphatic heterocycles. The van der Waals surface area contributed by atoms with E-state index in [1.54, 1.807) is 4.68 Å². The first-order chi connectivity index (χ1) is 16.0. The van der Waals surface area contributed by atoms with Crippen molar-refractivity contribution in [3.05, 3.63) is 70.5 Å². The number of ether oxygens (including phenoxy) is 1. The van der Waals surface area contributed by atoms with E-state index in [1.807, 2.05) is 25.1 Å². The van der Waals surface area contributed by atoms with E-state index in [-0.39, 0.29) is 6.04 Å². The van der Waals surface area contributed by atoms with Crippen molar-refractivity contribution >= 4 is 17.3 Å². The van der Waals surface area contributed by atoms with Crippen molar-refractivity contribution in [3.63, 3.8) is 0 Å². The number of halogens is 3. The van der Waals surface area contributed by atoms with E-state index in [0.29, 0.717) is 18.6 Å². The Balaban J connectivity index is 1.21. The fourth-order valence-electron chi connectivity index (χ4n) is 4.57. The lowest BCUT2D eigenvalue weighted by Gasteiger charge is -2.36. The lowest BCUT2D eigenvalue weighted by atomic mass is 9.92. The molecule has 1 aromatic heterocycles. The fourth-order valence-corrected chi connectivity index (χ4v) is 4.75. The third-order valence-electron chi connectivity index (χ3n) is 6.64. The molecule has 5 rings (SSSR count). The Morgan fingerprint density at radius 2 is 1.91 bits per heavy atom. The molecule has 2 aliphatic rings. The highest BCUT2D eigenvalue weighted by Crippen LogP contribution is 2.48. The van der Waals surface area contributed by atoms with Crippen molar-refractivity contribution < 1.29 is 13.5 Å². The highest BCUT2D eigenvalue weighted by atomic mass is 35.5. The van der Waals surface area contributed by atoms with Gasteiger partial charge in [0.15, 0.2) is 5.82 Å². The van der Waals surface area contributed by atoms with Gasteiger partial charge in [-0.15, -0.1) is 5.10 Å². The third kappa shape index (κ3) is 4.45. The van der Waals surface area contributed by atoms with Crippen LogP contribution in [-0.4, -0.2) is 64.4 Å². The number of rotatable bonds is 7. The van der Waals surface area contributed by atoms with Gasteiger partial charge in [-0.05, 0) is 41.6 Å². The molecule has 0 saturated carbocycles. The zero-order valence-corrected chi connectivity index (χ0v) is 19.0. The summed E-state index contributed by atoms with van der Waals surface area (Å²) < 4.78 is 35.2. The molecule has 7 nitrogen and oxygen atoms in total. The van der Waals surface area contributed by atoms with Gasteiger partial charge >= 0.3 is 0 Å². The van der Waals surface area contributed by atoms with Gasteiger partial charge < -0.3 is 9.64 Å². The van der Waals surface area contributed by atoms with Crippen molar-refractivity contribution in [2.45, 2.75) is 25.0 Å². The Kier molecular flexibility index (Phi) is 6.03. The number of epoxide rings is 1. The minimum atomic E-state index is -0.884. The number of benzene rings is 2. The van der Waals surface area contributed by atoms with Gasteiger partial charge in [0.05, 0.1) is 12.6 Å². The number of nitrogens with zero attached hydrogens (tertiary/aromatic N) is 6. The van der Waals surface area contributed by atoms with Crippen LogP contribution in [0.3, 0.4) is 0 Å². The number of aromatic nitrogens is 4. The second-order valence-corrected chi connectivity index (χ2v) is 9.01. The topological polar surface area (TPSA) is 62.6 Å². The van der Waals surface area contributed by atoms with Gasteiger partial charge in [-0.1, -0.05) is 23.7 Å².